The molecular weight excluding hydrogens is 276 g/mol. The number of nitrogens with zero attached hydrogens (tertiary/aromatic N) is 1. The molecule has 1 aliphatic heterocycles. The van der Waals surface area contributed by atoms with Gasteiger partial charge in [0.25, 0.3) is 0 Å². The molecular formula is C10H14N2O4S2. The van der Waals surface area contributed by atoms with Crippen LogP contribution in [0.1, 0.15) is 23.8 Å². The van der Waals surface area contributed by atoms with E-state index in [1.165, 1.54) is 16.8 Å². The van der Waals surface area contributed by atoms with E-state index in [2.05, 4.69) is 10.3 Å². The molecule has 1 atom stereocenters. The maximum absolute atomic E-state index is 11.6. The number of carbonyl (C=O) groups is 1. The van der Waals surface area contributed by atoms with Gasteiger partial charge in [0.1, 0.15) is 5.00 Å². The first-order chi connectivity index (χ1) is 8.52. The Morgan fingerprint density at radius 1 is 1.67 bits per heavy atom. The van der Waals surface area contributed by atoms with E-state index in [4.69, 9.17) is 4.74 Å². The smallest absolute Gasteiger partial charge is 0.360 e. The van der Waals surface area contributed by atoms with E-state index in [9.17, 15) is 13.2 Å². The topological polar surface area (TPSA) is 85.4 Å². The van der Waals surface area contributed by atoms with Crippen molar-refractivity contribution in [3.8, 4) is 0 Å². The number of hydrogen-bond donors (Lipinski definition) is 1. The van der Waals surface area contributed by atoms with Gasteiger partial charge in [-0.2, -0.15) is 0 Å². The predicted molar refractivity (Wildman–Crippen MR) is 68.8 cm³/mol. The molecule has 1 aliphatic rings. The number of thiazole rings is 1. The lowest BCUT2D eigenvalue weighted by molar-refractivity contribution is 0.0521. The number of sulfone groups is 1. The number of rotatable bonds is 4. The minimum atomic E-state index is -2.94. The highest BCUT2D eigenvalue weighted by Gasteiger charge is 2.29. The van der Waals surface area contributed by atoms with Crippen LogP contribution in [0.2, 0.25) is 0 Å². The summed E-state index contributed by atoms with van der Waals surface area (Å²) in [6, 6.07) is -0.149. The molecule has 0 radical (unpaired) electrons. The Hall–Kier alpha value is -1.15. The first-order valence-electron chi connectivity index (χ1n) is 5.59. The Morgan fingerprint density at radius 2 is 2.44 bits per heavy atom. The molecule has 6 nitrogen and oxygen atoms in total. The summed E-state index contributed by atoms with van der Waals surface area (Å²) in [6.45, 7) is 2.01. The van der Waals surface area contributed by atoms with Crippen LogP contribution >= 0.6 is 11.3 Å². The summed E-state index contributed by atoms with van der Waals surface area (Å²) in [4.78, 5) is 15.5. The molecule has 0 spiro atoms. The monoisotopic (exact) mass is 290 g/mol. The summed E-state index contributed by atoms with van der Waals surface area (Å²) in [5, 5.41) is 3.64. The number of nitrogens with one attached hydrogen (secondary N) is 1. The number of carbonyl (C=O) groups excluding carboxylic acids is 1. The van der Waals surface area contributed by atoms with Crippen molar-refractivity contribution in [2.24, 2.45) is 0 Å². The van der Waals surface area contributed by atoms with Gasteiger partial charge in [-0.05, 0) is 13.3 Å². The second-order valence-corrected chi connectivity index (χ2v) is 7.08. The van der Waals surface area contributed by atoms with E-state index in [0.717, 1.165) is 0 Å². The van der Waals surface area contributed by atoms with Crippen LogP contribution in [-0.4, -0.2) is 43.5 Å². The SMILES string of the molecule is CCOC(=O)c1ncsc1NC1CCS(=O)(=O)C1. The summed E-state index contributed by atoms with van der Waals surface area (Å²) < 4.78 is 27.6. The molecule has 0 bridgehead atoms. The molecule has 0 saturated carbocycles. The van der Waals surface area contributed by atoms with Crippen LogP contribution in [0.15, 0.2) is 5.51 Å². The maximum atomic E-state index is 11.6. The third kappa shape index (κ3) is 2.99. The van der Waals surface area contributed by atoms with Crippen LogP contribution in [0.4, 0.5) is 5.00 Å². The molecule has 18 heavy (non-hydrogen) atoms. The molecule has 1 fully saturated rings. The summed E-state index contributed by atoms with van der Waals surface area (Å²) >= 11 is 1.27. The molecule has 1 unspecified atom stereocenters. The quantitative estimate of drug-likeness (QED) is 0.830. The second-order valence-electron chi connectivity index (χ2n) is 3.99. The third-order valence-electron chi connectivity index (χ3n) is 2.60. The summed E-state index contributed by atoms with van der Waals surface area (Å²) in [6.07, 6.45) is 0.558. The molecule has 0 aromatic carbocycles. The zero-order valence-electron chi connectivity index (χ0n) is 9.88. The zero-order chi connectivity index (χ0) is 13.2. The van der Waals surface area contributed by atoms with E-state index < -0.39 is 15.8 Å². The lowest BCUT2D eigenvalue weighted by Crippen LogP contribution is -2.21. The van der Waals surface area contributed by atoms with E-state index in [-0.39, 0.29) is 29.8 Å². The maximum Gasteiger partial charge on any atom is 0.360 e. The van der Waals surface area contributed by atoms with Gasteiger partial charge in [0.05, 0.1) is 23.6 Å². The Morgan fingerprint density at radius 3 is 3.06 bits per heavy atom. The van der Waals surface area contributed by atoms with E-state index in [0.29, 0.717) is 11.4 Å². The van der Waals surface area contributed by atoms with Crippen molar-refractivity contribution in [2.45, 2.75) is 19.4 Å². The van der Waals surface area contributed by atoms with Crippen LogP contribution in [0.25, 0.3) is 0 Å². The molecule has 0 aliphatic carbocycles. The van der Waals surface area contributed by atoms with Gasteiger partial charge < -0.3 is 10.1 Å². The van der Waals surface area contributed by atoms with Crippen LogP contribution in [0.3, 0.4) is 0 Å². The Kier molecular flexibility index (Phi) is 3.86. The largest absolute Gasteiger partial charge is 0.461 e. The van der Waals surface area contributed by atoms with Gasteiger partial charge in [0.15, 0.2) is 15.5 Å². The molecule has 0 amide bonds. The Bertz CT molecular complexity index is 538. The number of ether oxygens (including phenoxy) is 1. The third-order valence-corrected chi connectivity index (χ3v) is 5.13. The van der Waals surface area contributed by atoms with Crippen LogP contribution in [0.5, 0.6) is 0 Å². The molecule has 1 N–H and O–H groups in total. The second kappa shape index (κ2) is 5.23. The van der Waals surface area contributed by atoms with Gasteiger partial charge in [0.2, 0.25) is 0 Å². The summed E-state index contributed by atoms with van der Waals surface area (Å²) in [5.41, 5.74) is 1.77. The fourth-order valence-electron chi connectivity index (χ4n) is 1.79. The van der Waals surface area contributed by atoms with Crippen molar-refractivity contribution >= 4 is 32.1 Å². The van der Waals surface area contributed by atoms with Gasteiger partial charge >= 0.3 is 5.97 Å². The normalized spacial score (nSPS) is 21.7. The molecule has 8 heteroatoms. The highest BCUT2D eigenvalue weighted by Crippen LogP contribution is 2.25. The van der Waals surface area contributed by atoms with Crippen molar-refractivity contribution in [3.05, 3.63) is 11.2 Å². The zero-order valence-corrected chi connectivity index (χ0v) is 11.5. The summed E-state index contributed by atoms with van der Waals surface area (Å²) in [5.74, 6) is -0.187. The molecule has 100 valence electrons. The highest BCUT2D eigenvalue weighted by atomic mass is 32.2. The van der Waals surface area contributed by atoms with Gasteiger partial charge in [0, 0.05) is 6.04 Å². The first-order valence-corrected chi connectivity index (χ1v) is 8.29. The average Bonchev–Trinajstić information content (AvgIpc) is 2.86. The average molecular weight is 290 g/mol. The molecule has 2 heterocycles. The number of aromatic nitrogens is 1. The minimum absolute atomic E-state index is 0.104. The minimum Gasteiger partial charge on any atom is -0.461 e. The van der Waals surface area contributed by atoms with Crippen molar-refractivity contribution in [1.29, 1.82) is 0 Å². The van der Waals surface area contributed by atoms with Crippen molar-refractivity contribution in [2.75, 3.05) is 23.4 Å². The van der Waals surface area contributed by atoms with Crippen molar-refractivity contribution in [3.63, 3.8) is 0 Å². The lowest BCUT2D eigenvalue weighted by atomic mass is 10.2. The Labute approximate surface area is 109 Å². The van der Waals surface area contributed by atoms with Gasteiger partial charge in [-0.3, -0.25) is 0 Å². The standard InChI is InChI=1S/C10H14N2O4S2/c1-2-16-10(13)8-9(17-6-11-8)12-7-3-4-18(14,15)5-7/h6-7,12H,2-5H2,1H3. The first kappa shape index (κ1) is 13.3. The van der Waals surface area contributed by atoms with Crippen LogP contribution < -0.4 is 5.32 Å². The van der Waals surface area contributed by atoms with Crippen molar-refractivity contribution < 1.29 is 17.9 Å². The van der Waals surface area contributed by atoms with Gasteiger partial charge in [-0.25, -0.2) is 18.2 Å². The molecule has 1 aromatic heterocycles. The molecule has 1 aromatic rings. The van der Waals surface area contributed by atoms with Crippen molar-refractivity contribution in [1.82, 2.24) is 4.98 Å². The Balaban J connectivity index is 2.07. The predicted octanol–water partition coefficient (Wildman–Crippen LogP) is 0.919. The van der Waals surface area contributed by atoms with Crippen LogP contribution in [-0.2, 0) is 14.6 Å². The fraction of sp³-hybridized carbons (Fsp3) is 0.600. The van der Waals surface area contributed by atoms with Gasteiger partial charge in [-0.15, -0.1) is 11.3 Å². The number of hydrogen-bond acceptors (Lipinski definition) is 7. The summed E-state index contributed by atoms with van der Waals surface area (Å²) in [7, 11) is -2.94. The van der Waals surface area contributed by atoms with E-state index in [1.807, 2.05) is 0 Å². The van der Waals surface area contributed by atoms with E-state index >= 15 is 0 Å². The van der Waals surface area contributed by atoms with Gasteiger partial charge in [-0.1, -0.05) is 0 Å². The number of anilines is 1. The molecule has 2 rings (SSSR count). The number of esters is 1. The molecule has 1 saturated heterocycles. The fourth-order valence-corrected chi connectivity index (χ4v) is 4.21. The highest BCUT2D eigenvalue weighted by molar-refractivity contribution is 7.91. The lowest BCUT2D eigenvalue weighted by Gasteiger charge is -2.11. The van der Waals surface area contributed by atoms with E-state index in [1.54, 1.807) is 6.92 Å². The van der Waals surface area contributed by atoms with Crippen LogP contribution in [0, 0.1) is 0 Å².